The van der Waals surface area contributed by atoms with E-state index in [9.17, 15) is 8.78 Å². The molecule has 0 aliphatic heterocycles. The third-order valence-corrected chi connectivity index (χ3v) is 5.09. The van der Waals surface area contributed by atoms with Crippen molar-refractivity contribution < 1.29 is 8.78 Å². The van der Waals surface area contributed by atoms with Crippen molar-refractivity contribution in [3.8, 4) is 0 Å². The molecular formula is C14H11Br2F2IN2. The summed E-state index contributed by atoms with van der Waals surface area (Å²) in [5.41, 5.74) is 3.48. The van der Waals surface area contributed by atoms with Crippen LogP contribution in [-0.4, -0.2) is 0 Å². The fraction of sp³-hybridized carbons (Fsp3) is 0.143. The van der Waals surface area contributed by atoms with Crippen molar-refractivity contribution in [3.63, 3.8) is 0 Å². The Balaban J connectivity index is 2.40. The number of benzene rings is 2. The maximum absolute atomic E-state index is 14.1. The van der Waals surface area contributed by atoms with Gasteiger partial charge in [-0.1, -0.05) is 15.9 Å². The van der Waals surface area contributed by atoms with Gasteiger partial charge in [-0.15, -0.1) is 0 Å². The molecule has 0 saturated heterocycles. The molecule has 0 heterocycles. The van der Waals surface area contributed by atoms with Gasteiger partial charge in [0, 0.05) is 13.6 Å². The van der Waals surface area contributed by atoms with Crippen LogP contribution in [0.1, 0.15) is 17.2 Å². The van der Waals surface area contributed by atoms with Gasteiger partial charge < -0.3 is 0 Å². The molecule has 0 fully saturated rings. The summed E-state index contributed by atoms with van der Waals surface area (Å²) in [4.78, 5) is 0. The van der Waals surface area contributed by atoms with Crippen molar-refractivity contribution in [2.24, 2.45) is 5.84 Å². The molecule has 0 spiro atoms. The molecule has 0 saturated carbocycles. The van der Waals surface area contributed by atoms with E-state index in [0.29, 0.717) is 0 Å². The number of nitrogens with two attached hydrogens (primary N) is 1. The summed E-state index contributed by atoms with van der Waals surface area (Å²) in [5, 5.41) is 0. The van der Waals surface area contributed by atoms with Crippen molar-refractivity contribution in [3.05, 3.63) is 65.6 Å². The summed E-state index contributed by atoms with van der Waals surface area (Å²) >= 11 is 8.69. The molecule has 0 radical (unpaired) electrons. The molecule has 0 bridgehead atoms. The fourth-order valence-electron chi connectivity index (χ4n) is 2.00. The Hall–Kier alpha value is -0.0900. The standard InChI is InChI=1S/C14H11Br2F2IN2/c15-10-2-1-7(19)5-8(10)13(21-20)6-9-12(17)4-3-11(16)14(9)18/h1-5,13,21H,6,20H2. The Bertz CT molecular complexity index is 668. The van der Waals surface area contributed by atoms with Crippen molar-refractivity contribution in [2.45, 2.75) is 12.5 Å². The summed E-state index contributed by atoms with van der Waals surface area (Å²) in [5.74, 6) is 4.39. The predicted octanol–water partition coefficient (Wildman–Crippen LogP) is 4.84. The van der Waals surface area contributed by atoms with Gasteiger partial charge in [-0.2, -0.15) is 0 Å². The van der Waals surface area contributed by atoms with Crippen molar-refractivity contribution >= 4 is 54.5 Å². The number of nitrogens with one attached hydrogen (secondary N) is 1. The van der Waals surface area contributed by atoms with Crippen LogP contribution < -0.4 is 11.3 Å². The zero-order valence-corrected chi connectivity index (χ0v) is 16.0. The van der Waals surface area contributed by atoms with Crippen LogP contribution in [0.5, 0.6) is 0 Å². The molecule has 2 nitrogen and oxygen atoms in total. The normalized spacial score (nSPS) is 12.5. The molecule has 0 aliphatic carbocycles. The van der Waals surface area contributed by atoms with Gasteiger partial charge in [0.15, 0.2) is 0 Å². The molecular weight excluding hydrogens is 521 g/mol. The Labute approximate surface area is 151 Å². The third-order valence-electron chi connectivity index (χ3n) is 3.08. The Morgan fingerprint density at radius 1 is 1.14 bits per heavy atom. The van der Waals surface area contributed by atoms with Gasteiger partial charge in [0.2, 0.25) is 0 Å². The maximum atomic E-state index is 14.1. The number of hydrogen-bond donors (Lipinski definition) is 2. The van der Waals surface area contributed by atoms with E-state index in [4.69, 9.17) is 5.84 Å². The number of rotatable bonds is 4. The Morgan fingerprint density at radius 3 is 2.48 bits per heavy atom. The number of hydrazine groups is 1. The van der Waals surface area contributed by atoms with E-state index >= 15 is 0 Å². The van der Waals surface area contributed by atoms with Crippen LogP contribution in [0.15, 0.2) is 39.3 Å². The maximum Gasteiger partial charge on any atom is 0.143 e. The summed E-state index contributed by atoms with van der Waals surface area (Å²) in [6.07, 6.45) is 0.103. The molecule has 7 heteroatoms. The quantitative estimate of drug-likeness (QED) is 0.256. The highest BCUT2D eigenvalue weighted by Gasteiger charge is 2.20. The lowest BCUT2D eigenvalue weighted by atomic mass is 9.98. The summed E-state index contributed by atoms with van der Waals surface area (Å²) < 4.78 is 30.0. The summed E-state index contributed by atoms with van der Waals surface area (Å²) in [7, 11) is 0. The first-order valence-corrected chi connectivity index (χ1v) is 8.64. The topological polar surface area (TPSA) is 38.0 Å². The Kier molecular flexibility index (Phi) is 6.13. The predicted molar refractivity (Wildman–Crippen MR) is 94.7 cm³/mol. The fourth-order valence-corrected chi connectivity index (χ4v) is 3.41. The van der Waals surface area contributed by atoms with Crippen LogP contribution in [0.25, 0.3) is 0 Å². The molecule has 0 aliphatic rings. The van der Waals surface area contributed by atoms with Gasteiger partial charge in [0.05, 0.1) is 10.5 Å². The second-order valence-corrected chi connectivity index (χ2v) is 7.37. The first kappa shape index (κ1) is 17.3. The SMILES string of the molecule is NNC(Cc1c(F)ccc(Br)c1F)c1cc(I)ccc1Br. The van der Waals surface area contributed by atoms with Crippen molar-refractivity contribution in [2.75, 3.05) is 0 Å². The minimum atomic E-state index is -0.600. The second-order valence-electron chi connectivity index (χ2n) is 4.41. The summed E-state index contributed by atoms with van der Waals surface area (Å²) in [6, 6.07) is 7.91. The third kappa shape index (κ3) is 4.01. The molecule has 2 rings (SSSR count). The largest absolute Gasteiger partial charge is 0.271 e. The lowest BCUT2D eigenvalue weighted by Crippen LogP contribution is -2.30. The van der Waals surface area contributed by atoms with Gasteiger partial charge in [0.1, 0.15) is 11.6 Å². The minimum absolute atomic E-state index is 0.00177. The van der Waals surface area contributed by atoms with E-state index in [1.54, 1.807) is 0 Å². The zero-order valence-electron chi connectivity index (χ0n) is 10.6. The Morgan fingerprint density at radius 2 is 1.81 bits per heavy atom. The number of halogens is 5. The molecule has 3 N–H and O–H groups in total. The van der Waals surface area contributed by atoms with E-state index in [1.165, 1.54) is 12.1 Å². The molecule has 2 aromatic rings. The van der Waals surface area contributed by atoms with Gasteiger partial charge in [-0.05, 0) is 80.8 Å². The van der Waals surface area contributed by atoms with Gasteiger partial charge >= 0.3 is 0 Å². The molecule has 2 aromatic carbocycles. The summed E-state index contributed by atoms with van der Waals surface area (Å²) in [6.45, 7) is 0. The molecule has 1 unspecified atom stereocenters. The smallest absolute Gasteiger partial charge is 0.143 e. The van der Waals surface area contributed by atoms with Crippen molar-refractivity contribution in [1.82, 2.24) is 5.43 Å². The molecule has 0 aromatic heterocycles. The van der Waals surface area contributed by atoms with E-state index in [0.717, 1.165) is 13.6 Å². The highest BCUT2D eigenvalue weighted by molar-refractivity contribution is 14.1. The van der Waals surface area contributed by atoms with E-state index in [2.05, 4.69) is 59.9 Å². The monoisotopic (exact) mass is 530 g/mol. The van der Waals surface area contributed by atoms with Gasteiger partial charge in [-0.3, -0.25) is 11.3 Å². The first-order chi connectivity index (χ1) is 9.93. The molecule has 0 amide bonds. The highest BCUT2D eigenvalue weighted by atomic mass is 127. The van der Waals surface area contributed by atoms with Crippen LogP contribution in [-0.2, 0) is 6.42 Å². The van der Waals surface area contributed by atoms with Crippen LogP contribution >= 0.6 is 54.5 Å². The second kappa shape index (κ2) is 7.45. The lowest BCUT2D eigenvalue weighted by molar-refractivity contribution is 0.497. The first-order valence-electron chi connectivity index (χ1n) is 5.97. The average molecular weight is 532 g/mol. The number of hydrogen-bond acceptors (Lipinski definition) is 2. The van der Waals surface area contributed by atoms with E-state index in [-0.39, 0.29) is 16.5 Å². The lowest BCUT2D eigenvalue weighted by Gasteiger charge is -2.19. The average Bonchev–Trinajstić information content (AvgIpc) is 2.46. The van der Waals surface area contributed by atoms with Crippen LogP contribution in [0.3, 0.4) is 0 Å². The van der Waals surface area contributed by atoms with Crippen molar-refractivity contribution in [1.29, 1.82) is 0 Å². The minimum Gasteiger partial charge on any atom is -0.271 e. The molecule has 1 atom stereocenters. The van der Waals surface area contributed by atoms with Crippen LogP contribution in [0, 0.1) is 15.2 Å². The molecule has 21 heavy (non-hydrogen) atoms. The van der Waals surface area contributed by atoms with E-state index < -0.39 is 17.7 Å². The van der Waals surface area contributed by atoms with Crippen LogP contribution in [0.4, 0.5) is 8.78 Å². The highest BCUT2D eigenvalue weighted by Crippen LogP contribution is 2.30. The van der Waals surface area contributed by atoms with Gasteiger partial charge in [0.25, 0.3) is 0 Å². The van der Waals surface area contributed by atoms with E-state index in [1.807, 2.05) is 18.2 Å². The zero-order chi connectivity index (χ0) is 15.6. The van der Waals surface area contributed by atoms with Gasteiger partial charge in [-0.25, -0.2) is 8.78 Å². The van der Waals surface area contributed by atoms with Crippen LogP contribution in [0.2, 0.25) is 0 Å². The molecule has 112 valence electrons.